The Hall–Kier alpha value is -2.69. The van der Waals surface area contributed by atoms with Crippen molar-refractivity contribution >= 4 is 21.5 Å². The Kier molecular flexibility index (Phi) is 4.79. The number of aliphatic hydroxyl groups excluding tert-OH is 1. The SMILES string of the molecule is Cc1ccc(S(=O)(=O)Nc2ccc(C#N)cc2C(=O)CO)cc1. The van der Waals surface area contributed by atoms with E-state index >= 15 is 0 Å². The highest BCUT2D eigenvalue weighted by Gasteiger charge is 2.19. The Labute approximate surface area is 134 Å². The zero-order valence-corrected chi connectivity index (χ0v) is 13.1. The van der Waals surface area contributed by atoms with Crippen LogP contribution in [0.1, 0.15) is 21.5 Å². The van der Waals surface area contributed by atoms with E-state index in [0.29, 0.717) is 0 Å². The summed E-state index contributed by atoms with van der Waals surface area (Å²) in [4.78, 5) is 11.8. The van der Waals surface area contributed by atoms with E-state index in [0.717, 1.165) is 5.56 Å². The minimum absolute atomic E-state index is 0.0172. The van der Waals surface area contributed by atoms with Gasteiger partial charge in [-0.05, 0) is 37.3 Å². The maximum absolute atomic E-state index is 12.4. The second-order valence-electron chi connectivity index (χ2n) is 4.87. The maximum Gasteiger partial charge on any atom is 0.261 e. The molecule has 2 rings (SSSR count). The van der Waals surface area contributed by atoms with Gasteiger partial charge in [0.2, 0.25) is 0 Å². The summed E-state index contributed by atoms with van der Waals surface area (Å²) < 4.78 is 27.1. The van der Waals surface area contributed by atoms with Crippen LogP contribution in [0, 0.1) is 18.3 Å². The van der Waals surface area contributed by atoms with Gasteiger partial charge in [0.15, 0.2) is 5.78 Å². The molecule has 23 heavy (non-hydrogen) atoms. The number of nitrogens with one attached hydrogen (secondary N) is 1. The van der Waals surface area contributed by atoms with Gasteiger partial charge in [0.1, 0.15) is 6.61 Å². The lowest BCUT2D eigenvalue weighted by atomic mass is 10.1. The number of hydrogen-bond donors (Lipinski definition) is 2. The Morgan fingerprint density at radius 2 is 1.87 bits per heavy atom. The predicted octanol–water partition coefficient (Wildman–Crippen LogP) is 1.84. The predicted molar refractivity (Wildman–Crippen MR) is 84.6 cm³/mol. The van der Waals surface area contributed by atoms with Gasteiger partial charge in [-0.1, -0.05) is 17.7 Å². The number of aliphatic hydroxyl groups is 1. The molecule has 0 unspecified atom stereocenters. The van der Waals surface area contributed by atoms with Crippen molar-refractivity contribution in [3.8, 4) is 6.07 Å². The molecule has 0 aliphatic heterocycles. The summed E-state index contributed by atoms with van der Waals surface area (Å²) in [6.45, 7) is 1.05. The summed E-state index contributed by atoms with van der Waals surface area (Å²) in [5, 5.41) is 17.9. The first-order valence-corrected chi connectivity index (χ1v) is 8.13. The fourth-order valence-corrected chi connectivity index (χ4v) is 3.02. The van der Waals surface area contributed by atoms with Crippen molar-refractivity contribution in [3.63, 3.8) is 0 Å². The van der Waals surface area contributed by atoms with Gasteiger partial charge >= 0.3 is 0 Å². The first-order valence-electron chi connectivity index (χ1n) is 6.65. The van der Waals surface area contributed by atoms with Gasteiger partial charge in [0.05, 0.1) is 22.2 Å². The molecule has 0 saturated heterocycles. The molecular formula is C16H14N2O4S. The molecule has 0 atom stereocenters. The molecule has 0 aliphatic carbocycles. The average molecular weight is 330 g/mol. The molecule has 0 spiro atoms. The summed E-state index contributed by atoms with van der Waals surface area (Å²) in [5.41, 5.74) is 1.07. The Balaban J connectivity index is 2.45. The van der Waals surface area contributed by atoms with E-state index in [-0.39, 0.29) is 21.7 Å². The molecule has 0 saturated carbocycles. The van der Waals surface area contributed by atoms with Gasteiger partial charge in [-0.15, -0.1) is 0 Å². The monoisotopic (exact) mass is 330 g/mol. The number of sulfonamides is 1. The fraction of sp³-hybridized carbons (Fsp3) is 0.125. The molecule has 0 heterocycles. The number of carbonyl (C=O) groups is 1. The summed E-state index contributed by atoms with van der Waals surface area (Å²) in [6.07, 6.45) is 0. The van der Waals surface area contributed by atoms with E-state index in [1.165, 1.54) is 30.3 Å². The van der Waals surface area contributed by atoms with E-state index in [1.807, 2.05) is 13.0 Å². The average Bonchev–Trinajstić information content (AvgIpc) is 2.54. The lowest BCUT2D eigenvalue weighted by molar-refractivity contribution is 0.0904. The van der Waals surface area contributed by atoms with Crippen LogP contribution >= 0.6 is 0 Å². The number of ketones is 1. The van der Waals surface area contributed by atoms with Crippen molar-refractivity contribution in [3.05, 3.63) is 59.2 Å². The van der Waals surface area contributed by atoms with Crippen molar-refractivity contribution in [2.45, 2.75) is 11.8 Å². The van der Waals surface area contributed by atoms with Crippen LogP contribution in [-0.4, -0.2) is 25.9 Å². The normalized spacial score (nSPS) is 10.8. The number of aryl methyl sites for hydroxylation is 1. The Morgan fingerprint density at radius 3 is 2.43 bits per heavy atom. The number of hydrogen-bond acceptors (Lipinski definition) is 5. The van der Waals surface area contributed by atoms with Gasteiger partial charge < -0.3 is 5.11 Å². The van der Waals surface area contributed by atoms with Crippen LogP contribution in [-0.2, 0) is 10.0 Å². The third-order valence-electron chi connectivity index (χ3n) is 3.17. The number of Topliss-reactive ketones (excluding diaryl/α,β-unsaturated/α-hetero) is 1. The molecule has 2 aromatic rings. The quantitative estimate of drug-likeness (QED) is 0.813. The van der Waals surface area contributed by atoms with Crippen molar-refractivity contribution < 1.29 is 18.3 Å². The summed E-state index contributed by atoms with van der Waals surface area (Å²) in [6, 6.07) is 12.0. The van der Waals surface area contributed by atoms with E-state index < -0.39 is 22.4 Å². The van der Waals surface area contributed by atoms with Gasteiger partial charge in [0.25, 0.3) is 10.0 Å². The zero-order valence-electron chi connectivity index (χ0n) is 12.3. The van der Waals surface area contributed by atoms with Crippen molar-refractivity contribution in [2.75, 3.05) is 11.3 Å². The molecule has 0 bridgehead atoms. The zero-order chi connectivity index (χ0) is 17.0. The molecule has 2 aromatic carbocycles. The van der Waals surface area contributed by atoms with E-state index in [9.17, 15) is 13.2 Å². The molecule has 118 valence electrons. The van der Waals surface area contributed by atoms with Gasteiger partial charge in [0, 0.05) is 5.56 Å². The second kappa shape index (κ2) is 6.60. The number of carbonyl (C=O) groups excluding carboxylic acids is 1. The number of nitrogens with zero attached hydrogens (tertiary/aromatic N) is 1. The fourth-order valence-electron chi connectivity index (χ4n) is 1.94. The van der Waals surface area contributed by atoms with Crippen LogP contribution in [0.3, 0.4) is 0 Å². The first-order chi connectivity index (χ1) is 10.9. The Bertz CT molecular complexity index is 881. The maximum atomic E-state index is 12.4. The van der Waals surface area contributed by atoms with Crippen LogP contribution in [0.5, 0.6) is 0 Å². The third kappa shape index (κ3) is 3.74. The van der Waals surface area contributed by atoms with Crippen LogP contribution in [0.4, 0.5) is 5.69 Å². The van der Waals surface area contributed by atoms with Gasteiger partial charge in [-0.3, -0.25) is 9.52 Å². The lowest BCUT2D eigenvalue weighted by Gasteiger charge is -2.12. The molecule has 0 aromatic heterocycles. The molecule has 0 aliphatic rings. The minimum atomic E-state index is -3.88. The number of rotatable bonds is 5. The summed E-state index contributed by atoms with van der Waals surface area (Å²) >= 11 is 0. The number of benzene rings is 2. The smallest absolute Gasteiger partial charge is 0.261 e. The highest BCUT2D eigenvalue weighted by molar-refractivity contribution is 7.92. The topological polar surface area (TPSA) is 107 Å². The minimum Gasteiger partial charge on any atom is -0.388 e. The molecular weight excluding hydrogens is 316 g/mol. The highest BCUT2D eigenvalue weighted by atomic mass is 32.2. The largest absolute Gasteiger partial charge is 0.388 e. The van der Waals surface area contributed by atoms with Gasteiger partial charge in [-0.25, -0.2) is 8.42 Å². The van der Waals surface area contributed by atoms with Crippen LogP contribution in [0.15, 0.2) is 47.4 Å². The Morgan fingerprint density at radius 1 is 1.22 bits per heavy atom. The van der Waals surface area contributed by atoms with Crippen LogP contribution in [0.2, 0.25) is 0 Å². The third-order valence-corrected chi connectivity index (χ3v) is 4.55. The second-order valence-corrected chi connectivity index (χ2v) is 6.55. The summed E-state index contributed by atoms with van der Waals surface area (Å²) in [7, 11) is -3.88. The molecule has 0 fully saturated rings. The van der Waals surface area contributed by atoms with Crippen molar-refractivity contribution in [2.24, 2.45) is 0 Å². The molecule has 0 radical (unpaired) electrons. The van der Waals surface area contributed by atoms with Crippen molar-refractivity contribution in [1.29, 1.82) is 5.26 Å². The van der Waals surface area contributed by atoms with Crippen molar-refractivity contribution in [1.82, 2.24) is 0 Å². The summed E-state index contributed by atoms with van der Waals surface area (Å²) in [5.74, 6) is -0.677. The standard InChI is InChI=1S/C16H14N2O4S/c1-11-2-5-13(6-3-11)23(21,22)18-15-7-4-12(9-17)8-14(15)16(20)10-19/h2-8,18-19H,10H2,1H3. The van der Waals surface area contributed by atoms with E-state index in [1.54, 1.807) is 12.1 Å². The molecule has 0 amide bonds. The molecule has 7 heteroatoms. The van der Waals surface area contributed by atoms with E-state index in [2.05, 4.69) is 4.72 Å². The van der Waals surface area contributed by atoms with Crippen LogP contribution in [0.25, 0.3) is 0 Å². The van der Waals surface area contributed by atoms with Crippen LogP contribution < -0.4 is 4.72 Å². The van der Waals surface area contributed by atoms with Gasteiger partial charge in [-0.2, -0.15) is 5.26 Å². The highest BCUT2D eigenvalue weighted by Crippen LogP contribution is 2.22. The number of anilines is 1. The molecule has 2 N–H and O–H groups in total. The van der Waals surface area contributed by atoms with E-state index in [4.69, 9.17) is 10.4 Å². The molecule has 6 nitrogen and oxygen atoms in total. The first kappa shape index (κ1) is 16.7. The lowest BCUT2D eigenvalue weighted by Crippen LogP contribution is -2.16. The number of nitriles is 1.